The van der Waals surface area contributed by atoms with Gasteiger partial charge in [-0.3, -0.25) is 19.5 Å². The van der Waals surface area contributed by atoms with Crippen LogP contribution in [0.5, 0.6) is 0 Å². The van der Waals surface area contributed by atoms with Gasteiger partial charge in [-0.25, -0.2) is 4.68 Å². The lowest BCUT2D eigenvalue weighted by Crippen LogP contribution is -2.41. The van der Waals surface area contributed by atoms with Crippen LogP contribution in [-0.4, -0.2) is 39.5 Å². The van der Waals surface area contributed by atoms with E-state index in [9.17, 15) is 14.4 Å². The number of H-pyrrole nitrogens is 1. The average molecular weight is 496 g/mol. The lowest BCUT2D eigenvalue weighted by atomic mass is 9.97. The maximum absolute atomic E-state index is 13.6. The number of aromatic nitrogens is 2. The molecule has 0 aliphatic carbocycles. The van der Waals surface area contributed by atoms with Crippen molar-refractivity contribution in [2.24, 2.45) is 5.92 Å². The number of nitrogens with one attached hydrogen (secondary N) is 1. The molecule has 35 heavy (non-hydrogen) atoms. The van der Waals surface area contributed by atoms with E-state index in [1.807, 2.05) is 44.2 Å². The second-order valence-electron chi connectivity index (χ2n) is 8.78. The van der Waals surface area contributed by atoms with Crippen molar-refractivity contribution in [3.8, 4) is 16.9 Å². The van der Waals surface area contributed by atoms with E-state index >= 15 is 0 Å². The van der Waals surface area contributed by atoms with Gasteiger partial charge in [0.15, 0.2) is 5.78 Å². The summed E-state index contributed by atoms with van der Waals surface area (Å²) in [5, 5.41) is 3.67. The van der Waals surface area contributed by atoms with Crippen molar-refractivity contribution >= 4 is 23.3 Å². The summed E-state index contributed by atoms with van der Waals surface area (Å²) in [5.74, 6) is -0.490. The molecule has 3 rings (SSSR count). The predicted octanol–water partition coefficient (Wildman–Crippen LogP) is 6.12. The minimum absolute atomic E-state index is 0.00836. The van der Waals surface area contributed by atoms with Gasteiger partial charge in [0.1, 0.15) is 5.56 Å². The van der Waals surface area contributed by atoms with Gasteiger partial charge in [0.2, 0.25) is 5.91 Å². The first-order valence-electron chi connectivity index (χ1n) is 12.4. The molecule has 1 N–H and O–H groups in total. The molecule has 186 valence electrons. The van der Waals surface area contributed by atoms with Crippen molar-refractivity contribution in [1.82, 2.24) is 14.7 Å². The molecule has 7 heteroatoms. The first kappa shape index (κ1) is 26.5. The van der Waals surface area contributed by atoms with Gasteiger partial charge in [0, 0.05) is 23.0 Å². The molecular weight excluding hydrogens is 462 g/mol. The van der Waals surface area contributed by atoms with Gasteiger partial charge >= 0.3 is 0 Å². The van der Waals surface area contributed by atoms with E-state index in [-0.39, 0.29) is 29.7 Å². The molecule has 1 amide bonds. The van der Waals surface area contributed by atoms with E-state index in [0.717, 1.165) is 37.7 Å². The van der Waals surface area contributed by atoms with Crippen LogP contribution in [0.2, 0.25) is 5.02 Å². The van der Waals surface area contributed by atoms with Gasteiger partial charge < -0.3 is 4.90 Å². The number of halogens is 1. The number of Topliss-reactive ketones (excluding diaryl/α,β-unsaturated/α-hetero) is 1. The smallest absolute Gasteiger partial charge is 0.282 e. The summed E-state index contributed by atoms with van der Waals surface area (Å²) in [6.07, 6.45) is 4.26. The largest absolute Gasteiger partial charge is 0.335 e. The Kier molecular flexibility index (Phi) is 9.49. The van der Waals surface area contributed by atoms with Crippen LogP contribution in [0, 0.1) is 5.92 Å². The predicted molar refractivity (Wildman–Crippen MR) is 141 cm³/mol. The Morgan fingerprint density at radius 3 is 2.29 bits per heavy atom. The minimum atomic E-state index is -0.446. The third kappa shape index (κ3) is 6.31. The topological polar surface area (TPSA) is 75.2 Å². The molecule has 2 aromatic carbocycles. The summed E-state index contributed by atoms with van der Waals surface area (Å²) in [6.45, 7) is 6.45. The molecule has 1 unspecified atom stereocenters. The van der Waals surface area contributed by atoms with Gasteiger partial charge in [-0.2, -0.15) is 0 Å². The zero-order valence-corrected chi connectivity index (χ0v) is 21.5. The number of hydrogen-bond acceptors (Lipinski definition) is 3. The number of carbonyl (C=O) groups is 2. The molecule has 3 aromatic rings. The lowest BCUT2D eigenvalue weighted by Gasteiger charge is -2.26. The number of nitrogens with zero attached hydrogens (tertiary/aromatic N) is 2. The van der Waals surface area contributed by atoms with Crippen molar-refractivity contribution in [3.63, 3.8) is 0 Å². The Bertz CT molecular complexity index is 1180. The number of carbonyl (C=O) groups excluding carboxylic acids is 2. The number of benzene rings is 2. The van der Waals surface area contributed by atoms with E-state index in [1.54, 1.807) is 29.2 Å². The quantitative estimate of drug-likeness (QED) is 0.307. The summed E-state index contributed by atoms with van der Waals surface area (Å²) in [7, 11) is 0. The number of hydrogen-bond donors (Lipinski definition) is 1. The average Bonchev–Trinajstić information content (AvgIpc) is 3.22. The summed E-state index contributed by atoms with van der Waals surface area (Å²) in [5.41, 5.74) is 1.35. The third-order valence-electron chi connectivity index (χ3n) is 6.20. The molecule has 1 atom stereocenters. The van der Waals surface area contributed by atoms with E-state index in [1.165, 1.54) is 4.68 Å². The van der Waals surface area contributed by atoms with Crippen LogP contribution in [0.1, 0.15) is 63.2 Å². The normalized spacial score (nSPS) is 11.9. The van der Waals surface area contributed by atoms with Crippen LogP contribution < -0.4 is 5.56 Å². The fourth-order valence-corrected chi connectivity index (χ4v) is 4.41. The highest BCUT2D eigenvalue weighted by Crippen LogP contribution is 2.23. The van der Waals surface area contributed by atoms with Gasteiger partial charge in [0.25, 0.3) is 5.56 Å². The number of amides is 1. The van der Waals surface area contributed by atoms with Gasteiger partial charge in [0.05, 0.1) is 17.9 Å². The molecule has 1 heterocycles. The van der Waals surface area contributed by atoms with Gasteiger partial charge in [-0.15, -0.1) is 0 Å². The highest BCUT2D eigenvalue weighted by molar-refractivity contribution is 6.30. The molecule has 0 fully saturated rings. The highest BCUT2D eigenvalue weighted by Gasteiger charge is 2.28. The first-order chi connectivity index (χ1) is 16.9. The minimum Gasteiger partial charge on any atom is -0.335 e. The lowest BCUT2D eigenvalue weighted by molar-refractivity contribution is -0.135. The van der Waals surface area contributed by atoms with Crippen molar-refractivity contribution in [2.75, 3.05) is 13.1 Å². The van der Waals surface area contributed by atoms with Crippen LogP contribution in [0.25, 0.3) is 16.9 Å². The van der Waals surface area contributed by atoms with Crippen molar-refractivity contribution in [1.29, 1.82) is 0 Å². The van der Waals surface area contributed by atoms with E-state index in [4.69, 9.17) is 11.6 Å². The molecular formula is C28H34ClN3O3. The van der Waals surface area contributed by atoms with Crippen LogP contribution >= 0.6 is 11.6 Å². The summed E-state index contributed by atoms with van der Waals surface area (Å²) in [6, 6.07) is 16.1. The molecule has 0 saturated carbocycles. The maximum atomic E-state index is 13.6. The van der Waals surface area contributed by atoms with E-state index in [0.29, 0.717) is 22.9 Å². The Balaban J connectivity index is 2.01. The zero-order valence-electron chi connectivity index (χ0n) is 20.7. The van der Waals surface area contributed by atoms with Crippen LogP contribution in [0.15, 0.2) is 59.4 Å². The third-order valence-corrected chi connectivity index (χ3v) is 6.46. The summed E-state index contributed by atoms with van der Waals surface area (Å²) < 4.78 is 1.36. The van der Waals surface area contributed by atoms with E-state index < -0.39 is 5.56 Å². The van der Waals surface area contributed by atoms with Gasteiger partial charge in [-0.05, 0) is 43.5 Å². The second-order valence-corrected chi connectivity index (χ2v) is 9.21. The number of aromatic amines is 1. The van der Waals surface area contributed by atoms with Crippen LogP contribution in [-0.2, 0) is 4.79 Å². The van der Waals surface area contributed by atoms with Crippen molar-refractivity contribution in [2.45, 2.75) is 52.9 Å². The van der Waals surface area contributed by atoms with Crippen LogP contribution in [0.4, 0.5) is 0 Å². The summed E-state index contributed by atoms with van der Waals surface area (Å²) >= 11 is 6.02. The van der Waals surface area contributed by atoms with Crippen molar-refractivity contribution in [3.05, 3.63) is 75.5 Å². The highest BCUT2D eigenvalue weighted by atomic mass is 35.5. The molecule has 0 spiro atoms. The molecule has 0 aliphatic rings. The van der Waals surface area contributed by atoms with Crippen molar-refractivity contribution < 1.29 is 9.59 Å². The maximum Gasteiger partial charge on any atom is 0.282 e. The van der Waals surface area contributed by atoms with E-state index in [2.05, 4.69) is 12.0 Å². The summed E-state index contributed by atoms with van der Waals surface area (Å²) in [4.78, 5) is 42.1. The molecule has 0 saturated heterocycles. The Morgan fingerprint density at radius 2 is 1.69 bits per heavy atom. The second kappa shape index (κ2) is 12.5. The fraction of sp³-hybridized carbons (Fsp3) is 0.393. The zero-order chi connectivity index (χ0) is 25.4. The number of unbranched alkanes of at least 4 members (excludes halogenated alkanes) is 1. The fourth-order valence-electron chi connectivity index (χ4n) is 4.28. The molecule has 0 radical (unpaired) electrons. The standard InChI is InChI=1S/C28H34ClN3O3/c1-4-7-11-20(6-3)27(34)31(18-5-2)19-24(33)25-26(21-12-9-8-10-13-21)30-32(28(25)35)23-16-14-22(29)15-17-23/h8-10,12-17,20,30H,4-7,11,18-19H2,1-3H3. The SMILES string of the molecule is CCCCC(CC)C(=O)N(CCC)CC(=O)c1c(-c2ccccc2)[nH]n(-c2ccc(Cl)cc2)c1=O. The first-order valence-corrected chi connectivity index (χ1v) is 12.8. The Morgan fingerprint density at radius 1 is 1.00 bits per heavy atom. The molecule has 1 aromatic heterocycles. The molecule has 0 aliphatic heterocycles. The monoisotopic (exact) mass is 495 g/mol. The van der Waals surface area contributed by atoms with Crippen LogP contribution in [0.3, 0.4) is 0 Å². The Labute approximate surface area is 211 Å². The van der Waals surface area contributed by atoms with Gasteiger partial charge in [-0.1, -0.05) is 75.5 Å². The molecule has 0 bridgehead atoms. The number of ketones is 1. The number of rotatable bonds is 12. The molecule has 6 nitrogen and oxygen atoms in total. The Hall–Kier alpha value is -3.12.